The van der Waals surface area contributed by atoms with Crippen LogP contribution in [-0.4, -0.2) is 16.0 Å². The SMILES string of the molecule is CC(Nc1ncc(Br)cn1)C(C)(C)C. The van der Waals surface area contributed by atoms with Gasteiger partial charge in [-0.05, 0) is 28.3 Å². The summed E-state index contributed by atoms with van der Waals surface area (Å²) in [5.41, 5.74) is 0.205. The number of hydrogen-bond donors (Lipinski definition) is 1. The van der Waals surface area contributed by atoms with E-state index in [2.05, 4.69) is 58.9 Å². The number of nitrogens with one attached hydrogen (secondary N) is 1. The second-order valence-corrected chi connectivity index (χ2v) is 5.37. The van der Waals surface area contributed by atoms with Gasteiger partial charge in [-0.1, -0.05) is 20.8 Å². The van der Waals surface area contributed by atoms with E-state index in [4.69, 9.17) is 0 Å². The summed E-state index contributed by atoms with van der Waals surface area (Å²) < 4.78 is 0.895. The summed E-state index contributed by atoms with van der Waals surface area (Å²) in [4.78, 5) is 8.33. The molecule has 1 rings (SSSR count). The Labute approximate surface area is 93.5 Å². The highest BCUT2D eigenvalue weighted by atomic mass is 79.9. The van der Waals surface area contributed by atoms with Crippen molar-refractivity contribution in [2.45, 2.75) is 33.7 Å². The Morgan fingerprint density at radius 1 is 1.29 bits per heavy atom. The van der Waals surface area contributed by atoms with Gasteiger partial charge in [0.05, 0.1) is 4.47 Å². The minimum Gasteiger partial charge on any atom is -0.351 e. The molecule has 0 amide bonds. The molecule has 0 radical (unpaired) electrons. The van der Waals surface area contributed by atoms with Crippen molar-refractivity contribution in [2.75, 3.05) is 5.32 Å². The highest BCUT2D eigenvalue weighted by Gasteiger charge is 2.20. The van der Waals surface area contributed by atoms with Crippen LogP contribution in [0.1, 0.15) is 27.7 Å². The van der Waals surface area contributed by atoms with Gasteiger partial charge < -0.3 is 5.32 Å². The van der Waals surface area contributed by atoms with Gasteiger partial charge in [0.25, 0.3) is 0 Å². The molecular weight excluding hydrogens is 242 g/mol. The van der Waals surface area contributed by atoms with Crippen LogP contribution in [0, 0.1) is 5.41 Å². The van der Waals surface area contributed by atoms with Crippen molar-refractivity contribution in [2.24, 2.45) is 5.41 Å². The third kappa shape index (κ3) is 3.25. The third-order valence-corrected chi connectivity index (χ3v) is 2.67. The molecule has 0 aliphatic rings. The predicted molar refractivity (Wildman–Crippen MR) is 62.3 cm³/mol. The molecule has 1 heterocycles. The average molecular weight is 258 g/mol. The number of aromatic nitrogens is 2. The van der Waals surface area contributed by atoms with Crippen molar-refractivity contribution in [3.8, 4) is 0 Å². The molecular formula is C10H16BrN3. The lowest BCUT2D eigenvalue weighted by atomic mass is 9.88. The molecule has 0 fully saturated rings. The molecule has 0 saturated carbocycles. The van der Waals surface area contributed by atoms with Gasteiger partial charge >= 0.3 is 0 Å². The second kappa shape index (κ2) is 4.26. The molecule has 0 aliphatic heterocycles. The molecule has 14 heavy (non-hydrogen) atoms. The summed E-state index contributed by atoms with van der Waals surface area (Å²) in [6, 6.07) is 0.337. The average Bonchev–Trinajstić information content (AvgIpc) is 2.07. The Balaban J connectivity index is 2.65. The lowest BCUT2D eigenvalue weighted by Crippen LogP contribution is -2.31. The minimum absolute atomic E-state index is 0.205. The Bertz CT molecular complexity index is 289. The smallest absolute Gasteiger partial charge is 0.222 e. The Kier molecular flexibility index (Phi) is 3.48. The standard InChI is InChI=1S/C10H16BrN3/c1-7(10(2,3)4)14-9-12-5-8(11)6-13-9/h5-7H,1-4H3,(H,12,13,14). The van der Waals surface area contributed by atoms with Crippen LogP contribution in [0.4, 0.5) is 5.95 Å². The van der Waals surface area contributed by atoms with Gasteiger partial charge in [0.1, 0.15) is 0 Å². The first-order valence-electron chi connectivity index (χ1n) is 4.63. The van der Waals surface area contributed by atoms with Crippen LogP contribution in [0.2, 0.25) is 0 Å². The molecule has 1 aromatic rings. The molecule has 3 nitrogen and oxygen atoms in total. The molecule has 0 aromatic carbocycles. The van der Waals surface area contributed by atoms with Crippen LogP contribution in [0.25, 0.3) is 0 Å². The maximum Gasteiger partial charge on any atom is 0.222 e. The van der Waals surface area contributed by atoms with E-state index in [0.717, 1.165) is 4.47 Å². The lowest BCUT2D eigenvalue weighted by Gasteiger charge is -2.27. The summed E-state index contributed by atoms with van der Waals surface area (Å²) in [5, 5.41) is 3.27. The summed E-state index contributed by atoms with van der Waals surface area (Å²) in [5.74, 6) is 0.677. The van der Waals surface area contributed by atoms with Gasteiger partial charge in [0, 0.05) is 18.4 Å². The molecule has 1 aromatic heterocycles. The van der Waals surface area contributed by atoms with Crippen molar-refractivity contribution >= 4 is 21.9 Å². The summed E-state index contributed by atoms with van der Waals surface area (Å²) in [6.45, 7) is 8.68. The van der Waals surface area contributed by atoms with Crippen LogP contribution >= 0.6 is 15.9 Å². The van der Waals surface area contributed by atoms with Crippen molar-refractivity contribution in [3.05, 3.63) is 16.9 Å². The predicted octanol–water partition coefficient (Wildman–Crippen LogP) is 3.09. The van der Waals surface area contributed by atoms with Crippen LogP contribution in [-0.2, 0) is 0 Å². The zero-order chi connectivity index (χ0) is 10.8. The fourth-order valence-electron chi connectivity index (χ4n) is 0.797. The van der Waals surface area contributed by atoms with Crippen molar-refractivity contribution < 1.29 is 0 Å². The molecule has 1 N–H and O–H groups in total. The zero-order valence-corrected chi connectivity index (χ0v) is 10.6. The third-order valence-electron chi connectivity index (χ3n) is 2.26. The minimum atomic E-state index is 0.205. The quantitative estimate of drug-likeness (QED) is 0.885. The first-order chi connectivity index (χ1) is 6.39. The maximum atomic E-state index is 4.16. The van der Waals surface area contributed by atoms with E-state index < -0.39 is 0 Å². The van der Waals surface area contributed by atoms with Gasteiger partial charge in [-0.25, -0.2) is 9.97 Å². The van der Waals surface area contributed by atoms with E-state index in [1.54, 1.807) is 12.4 Å². The topological polar surface area (TPSA) is 37.8 Å². The second-order valence-electron chi connectivity index (χ2n) is 4.46. The van der Waals surface area contributed by atoms with E-state index in [9.17, 15) is 0 Å². The first-order valence-corrected chi connectivity index (χ1v) is 5.43. The van der Waals surface area contributed by atoms with E-state index in [1.165, 1.54) is 0 Å². The lowest BCUT2D eigenvalue weighted by molar-refractivity contribution is 0.358. The van der Waals surface area contributed by atoms with Crippen molar-refractivity contribution in [1.29, 1.82) is 0 Å². The molecule has 0 spiro atoms. The van der Waals surface area contributed by atoms with Crippen LogP contribution < -0.4 is 5.32 Å². The molecule has 0 bridgehead atoms. The van der Waals surface area contributed by atoms with Crippen LogP contribution in [0.5, 0.6) is 0 Å². The van der Waals surface area contributed by atoms with E-state index in [0.29, 0.717) is 12.0 Å². The number of rotatable bonds is 2. The monoisotopic (exact) mass is 257 g/mol. The van der Waals surface area contributed by atoms with E-state index >= 15 is 0 Å². The number of hydrogen-bond acceptors (Lipinski definition) is 3. The van der Waals surface area contributed by atoms with E-state index in [1.807, 2.05) is 0 Å². The maximum absolute atomic E-state index is 4.16. The highest BCUT2D eigenvalue weighted by Crippen LogP contribution is 2.21. The number of nitrogens with zero attached hydrogens (tertiary/aromatic N) is 2. The summed E-state index contributed by atoms with van der Waals surface area (Å²) in [7, 11) is 0. The fraction of sp³-hybridized carbons (Fsp3) is 0.600. The van der Waals surface area contributed by atoms with Crippen molar-refractivity contribution in [1.82, 2.24) is 9.97 Å². The van der Waals surface area contributed by atoms with Gasteiger partial charge in [0.2, 0.25) is 5.95 Å². The van der Waals surface area contributed by atoms with Gasteiger partial charge in [-0.15, -0.1) is 0 Å². The van der Waals surface area contributed by atoms with Gasteiger partial charge in [-0.3, -0.25) is 0 Å². The first kappa shape index (κ1) is 11.4. The number of anilines is 1. The largest absolute Gasteiger partial charge is 0.351 e. The highest BCUT2D eigenvalue weighted by molar-refractivity contribution is 9.10. The molecule has 4 heteroatoms. The zero-order valence-electron chi connectivity index (χ0n) is 9.00. The summed E-state index contributed by atoms with van der Waals surface area (Å²) >= 11 is 3.30. The Morgan fingerprint density at radius 3 is 2.21 bits per heavy atom. The number of halogens is 1. The van der Waals surface area contributed by atoms with Crippen molar-refractivity contribution in [3.63, 3.8) is 0 Å². The molecule has 0 aliphatic carbocycles. The Hall–Kier alpha value is -0.640. The molecule has 78 valence electrons. The summed E-state index contributed by atoms with van der Waals surface area (Å²) in [6.07, 6.45) is 3.48. The van der Waals surface area contributed by atoms with E-state index in [-0.39, 0.29) is 5.41 Å². The molecule has 1 atom stereocenters. The Morgan fingerprint density at radius 2 is 1.79 bits per heavy atom. The van der Waals surface area contributed by atoms with Gasteiger partial charge in [-0.2, -0.15) is 0 Å². The normalized spacial score (nSPS) is 13.8. The van der Waals surface area contributed by atoms with Gasteiger partial charge in [0.15, 0.2) is 0 Å². The van der Waals surface area contributed by atoms with Crippen LogP contribution in [0.15, 0.2) is 16.9 Å². The molecule has 1 unspecified atom stereocenters. The van der Waals surface area contributed by atoms with Crippen LogP contribution in [0.3, 0.4) is 0 Å². The fourth-order valence-corrected chi connectivity index (χ4v) is 1.00. The molecule has 0 saturated heterocycles.